The first-order chi connectivity index (χ1) is 15.3. The van der Waals surface area contributed by atoms with E-state index in [0.717, 1.165) is 4.90 Å². The van der Waals surface area contributed by atoms with Gasteiger partial charge in [-0.15, -0.1) is 0 Å². The van der Waals surface area contributed by atoms with Crippen molar-refractivity contribution in [1.29, 1.82) is 0 Å². The summed E-state index contributed by atoms with van der Waals surface area (Å²) in [5.41, 5.74) is -0.951. The molecule has 0 radical (unpaired) electrons. The Balaban J connectivity index is 0.00000114. The van der Waals surface area contributed by atoms with E-state index >= 15 is 0 Å². The third kappa shape index (κ3) is 6.02. The zero-order chi connectivity index (χ0) is 23.7. The van der Waals surface area contributed by atoms with Gasteiger partial charge in [-0.3, -0.25) is 24.1 Å². The summed E-state index contributed by atoms with van der Waals surface area (Å²) in [7, 11) is 0. The fourth-order valence-corrected chi connectivity index (χ4v) is 3.42. The predicted molar refractivity (Wildman–Crippen MR) is 109 cm³/mol. The van der Waals surface area contributed by atoms with Crippen molar-refractivity contribution in [2.45, 2.75) is 24.5 Å². The van der Waals surface area contributed by atoms with Crippen molar-refractivity contribution in [3.63, 3.8) is 0 Å². The Morgan fingerprint density at radius 1 is 1.19 bits per heavy atom. The molecular weight excluding hydrogens is 424 g/mol. The van der Waals surface area contributed by atoms with E-state index in [-0.39, 0.29) is 52.1 Å². The summed E-state index contributed by atoms with van der Waals surface area (Å²) in [6.45, 7) is -0.833. The number of imide groups is 1. The molecule has 12 nitrogen and oxygen atoms in total. The average molecular weight is 450 g/mol. The topological polar surface area (TPSA) is 177 Å². The number of amides is 5. The third-order valence-electron chi connectivity index (χ3n) is 5.29. The van der Waals surface area contributed by atoms with Gasteiger partial charge in [-0.1, -0.05) is 30.3 Å². The van der Waals surface area contributed by atoms with E-state index in [2.05, 4.69) is 10.6 Å². The number of likely N-dealkylation sites (tertiary alicyclic amines) is 1. The number of carbonyl (C=O) groups excluding carboxylic acids is 4. The molecule has 3 rings (SSSR count). The molecule has 32 heavy (non-hydrogen) atoms. The van der Waals surface area contributed by atoms with Gasteiger partial charge in [0, 0.05) is 25.9 Å². The summed E-state index contributed by atoms with van der Waals surface area (Å²) in [5, 5.41) is 32.2. The zero-order valence-electron chi connectivity index (χ0n) is 17.3. The normalized spacial score (nSPS) is 18.2. The van der Waals surface area contributed by atoms with Crippen LogP contribution in [0.2, 0.25) is 0 Å². The molecule has 0 aromatic heterocycles. The molecular formula is C20H26N4O8. The molecule has 5 N–H and O–H groups in total. The van der Waals surface area contributed by atoms with Crippen molar-refractivity contribution < 1.29 is 39.3 Å². The van der Waals surface area contributed by atoms with Gasteiger partial charge in [0.15, 0.2) is 0 Å². The van der Waals surface area contributed by atoms with Gasteiger partial charge in [-0.05, 0) is 5.56 Å². The maximum atomic E-state index is 12.6. The molecule has 2 aliphatic rings. The van der Waals surface area contributed by atoms with Crippen LogP contribution < -0.4 is 10.6 Å². The Bertz CT molecular complexity index is 823. The molecule has 1 aromatic rings. The van der Waals surface area contributed by atoms with Crippen LogP contribution in [-0.4, -0.2) is 93.7 Å². The van der Waals surface area contributed by atoms with Gasteiger partial charge >= 0.3 is 6.03 Å². The van der Waals surface area contributed by atoms with Crippen LogP contribution in [0.5, 0.6) is 0 Å². The largest absolute Gasteiger partial charge is 0.483 e. The minimum Gasteiger partial charge on any atom is -0.483 e. The second kappa shape index (κ2) is 11.2. The van der Waals surface area contributed by atoms with Crippen LogP contribution in [0.15, 0.2) is 30.3 Å². The quantitative estimate of drug-likeness (QED) is 0.255. The summed E-state index contributed by atoms with van der Waals surface area (Å²) in [4.78, 5) is 58.8. The Morgan fingerprint density at radius 2 is 1.78 bits per heavy atom. The molecule has 0 spiro atoms. The van der Waals surface area contributed by atoms with E-state index in [9.17, 15) is 29.4 Å². The molecule has 1 aromatic carbocycles. The lowest BCUT2D eigenvalue weighted by Crippen LogP contribution is -2.56. The maximum absolute atomic E-state index is 12.6. The number of urea groups is 1. The first-order valence-corrected chi connectivity index (χ1v) is 9.88. The van der Waals surface area contributed by atoms with Crippen LogP contribution in [0.25, 0.3) is 0 Å². The molecule has 0 bridgehead atoms. The van der Waals surface area contributed by atoms with E-state index in [1.165, 1.54) is 4.90 Å². The fourth-order valence-electron chi connectivity index (χ4n) is 3.42. The van der Waals surface area contributed by atoms with Gasteiger partial charge < -0.3 is 30.9 Å². The Labute approximate surface area is 183 Å². The Morgan fingerprint density at radius 3 is 2.28 bits per heavy atom. The molecule has 2 saturated heterocycles. The highest BCUT2D eigenvalue weighted by Gasteiger charge is 2.42. The van der Waals surface area contributed by atoms with Gasteiger partial charge in [0.05, 0.1) is 19.2 Å². The molecule has 1 atom stereocenters. The van der Waals surface area contributed by atoms with Gasteiger partial charge in [0.2, 0.25) is 5.91 Å². The summed E-state index contributed by atoms with van der Waals surface area (Å²) in [6.07, 6.45) is 0.0231. The first-order valence-electron chi connectivity index (χ1n) is 9.88. The molecule has 2 heterocycles. The summed E-state index contributed by atoms with van der Waals surface area (Å²) < 4.78 is 0. The monoisotopic (exact) mass is 450 g/mol. The molecule has 2 fully saturated rings. The Hall–Kier alpha value is -3.51. The molecule has 0 aliphatic carbocycles. The molecule has 2 aliphatic heterocycles. The number of nitrogens with zero attached hydrogens (tertiary/aromatic N) is 2. The highest BCUT2D eigenvalue weighted by Crippen LogP contribution is 2.24. The van der Waals surface area contributed by atoms with Crippen molar-refractivity contribution >= 4 is 30.2 Å². The van der Waals surface area contributed by atoms with E-state index in [4.69, 9.17) is 9.90 Å². The minimum absolute atomic E-state index is 0.0116. The van der Waals surface area contributed by atoms with Crippen molar-refractivity contribution in [2.24, 2.45) is 0 Å². The number of nitrogens with one attached hydrogen (secondary N) is 2. The zero-order valence-corrected chi connectivity index (χ0v) is 17.3. The number of aliphatic hydroxyl groups is 2. The number of hydrogen-bond acceptors (Lipinski definition) is 7. The standard InChI is InChI=1S/C19H24N4O6.CH2O2/c24-12-14(13-4-2-1-3-5-13)21-17(27)19(29)6-8-22(9-7-19)16(26)11-23-15(25)10-20-18(23)28;2-1-3/h1-5,14,24,29H,6-12H2,(H,20,28)(H,21,27);1H,(H,2,3). The summed E-state index contributed by atoms with van der Waals surface area (Å²) >= 11 is 0. The van der Waals surface area contributed by atoms with Crippen molar-refractivity contribution in [3.8, 4) is 0 Å². The second-order valence-corrected chi connectivity index (χ2v) is 7.28. The van der Waals surface area contributed by atoms with Crippen LogP contribution in [0.4, 0.5) is 4.79 Å². The van der Waals surface area contributed by atoms with Crippen molar-refractivity contribution in [3.05, 3.63) is 35.9 Å². The lowest BCUT2D eigenvalue weighted by molar-refractivity contribution is -0.150. The van der Waals surface area contributed by atoms with Crippen LogP contribution >= 0.6 is 0 Å². The van der Waals surface area contributed by atoms with Crippen LogP contribution in [0.3, 0.4) is 0 Å². The number of piperidine rings is 1. The predicted octanol–water partition coefficient (Wildman–Crippen LogP) is -1.56. The van der Waals surface area contributed by atoms with Crippen molar-refractivity contribution in [1.82, 2.24) is 20.4 Å². The number of hydrogen-bond donors (Lipinski definition) is 5. The smallest absolute Gasteiger partial charge is 0.325 e. The molecule has 5 amide bonds. The van der Waals surface area contributed by atoms with Crippen LogP contribution in [-0.2, 0) is 19.2 Å². The number of aliphatic hydroxyl groups excluding tert-OH is 1. The van der Waals surface area contributed by atoms with E-state index < -0.39 is 35.4 Å². The SMILES string of the molecule is O=C(CN1C(=O)CNC1=O)N1CCC(O)(C(=O)NC(CO)c2ccccc2)CC1.O=CO. The lowest BCUT2D eigenvalue weighted by atomic mass is 9.89. The van der Waals surface area contributed by atoms with Gasteiger partial charge in [0.1, 0.15) is 12.1 Å². The van der Waals surface area contributed by atoms with E-state index in [1.54, 1.807) is 24.3 Å². The van der Waals surface area contributed by atoms with Gasteiger partial charge in [-0.2, -0.15) is 0 Å². The number of benzene rings is 1. The summed E-state index contributed by atoms with van der Waals surface area (Å²) in [5.74, 6) is -1.50. The fraction of sp³-hybridized carbons (Fsp3) is 0.450. The maximum Gasteiger partial charge on any atom is 0.325 e. The van der Waals surface area contributed by atoms with Gasteiger partial charge in [-0.25, -0.2) is 4.79 Å². The highest BCUT2D eigenvalue weighted by molar-refractivity contribution is 6.04. The first kappa shape index (κ1) is 24.8. The molecule has 0 saturated carbocycles. The average Bonchev–Trinajstić information content (AvgIpc) is 3.10. The molecule has 174 valence electrons. The minimum atomic E-state index is -1.67. The summed E-state index contributed by atoms with van der Waals surface area (Å²) in [6, 6.07) is 7.67. The van der Waals surface area contributed by atoms with E-state index in [0.29, 0.717) is 5.56 Å². The van der Waals surface area contributed by atoms with Gasteiger partial charge in [0.25, 0.3) is 18.3 Å². The third-order valence-corrected chi connectivity index (χ3v) is 5.29. The molecule has 12 heteroatoms. The highest BCUT2D eigenvalue weighted by atomic mass is 16.3. The second-order valence-electron chi connectivity index (χ2n) is 7.28. The number of rotatable bonds is 6. The van der Waals surface area contributed by atoms with Crippen LogP contribution in [0.1, 0.15) is 24.4 Å². The number of carbonyl (C=O) groups is 5. The van der Waals surface area contributed by atoms with Crippen LogP contribution in [0, 0.1) is 0 Å². The molecule has 1 unspecified atom stereocenters. The Kier molecular flexibility index (Phi) is 8.67. The van der Waals surface area contributed by atoms with Crippen molar-refractivity contribution in [2.75, 3.05) is 32.8 Å². The number of carboxylic acid groups (broad SMARTS) is 1. The van der Waals surface area contributed by atoms with E-state index in [1.807, 2.05) is 6.07 Å². The lowest BCUT2D eigenvalue weighted by Gasteiger charge is -2.38.